The van der Waals surface area contributed by atoms with Gasteiger partial charge in [0.25, 0.3) is 5.91 Å². The Balaban J connectivity index is 1.86. The first-order valence-corrected chi connectivity index (χ1v) is 8.59. The topological polar surface area (TPSA) is 89.5 Å². The first-order valence-electron chi connectivity index (χ1n) is 6.39. The van der Waals surface area contributed by atoms with Crippen molar-refractivity contribution in [3.05, 3.63) is 34.6 Å². The average Bonchev–Trinajstić information content (AvgIpc) is 2.78. The van der Waals surface area contributed by atoms with Gasteiger partial charge in [-0.3, -0.25) is 4.79 Å². The molecule has 1 amide bonds. The number of ether oxygens (including phenoxy) is 1. The number of amides is 1. The van der Waals surface area contributed by atoms with Crippen molar-refractivity contribution in [2.75, 3.05) is 18.1 Å². The highest BCUT2D eigenvalue weighted by Gasteiger charge is 2.29. The summed E-state index contributed by atoms with van der Waals surface area (Å²) in [6, 6.07) is 2.91. The van der Waals surface area contributed by atoms with E-state index in [4.69, 9.17) is 11.6 Å². The zero-order valence-electron chi connectivity index (χ0n) is 11.3. The van der Waals surface area contributed by atoms with E-state index in [9.17, 15) is 22.4 Å². The van der Waals surface area contributed by atoms with Gasteiger partial charge in [-0.15, -0.1) is 0 Å². The highest BCUT2D eigenvalue weighted by atomic mass is 35.5. The number of benzene rings is 1. The van der Waals surface area contributed by atoms with Crippen LogP contribution in [0.15, 0.2) is 18.2 Å². The van der Waals surface area contributed by atoms with E-state index in [2.05, 4.69) is 10.1 Å². The maximum absolute atomic E-state index is 13.4. The quantitative estimate of drug-likeness (QED) is 0.817. The van der Waals surface area contributed by atoms with E-state index >= 15 is 0 Å². The highest BCUT2D eigenvalue weighted by Crippen LogP contribution is 2.16. The molecule has 1 aromatic carbocycles. The number of rotatable bonds is 4. The lowest BCUT2D eigenvalue weighted by atomic mass is 10.2. The SMILES string of the molecule is O=C(COC(=O)c1cc(Cl)ccc1F)N[C@H]1CCS(=O)(=O)C1. The summed E-state index contributed by atoms with van der Waals surface area (Å²) in [5.74, 6) is -2.58. The van der Waals surface area contributed by atoms with Crippen LogP contribution in [0.1, 0.15) is 16.8 Å². The molecule has 1 aliphatic rings. The van der Waals surface area contributed by atoms with Crippen molar-refractivity contribution in [2.45, 2.75) is 12.5 Å². The van der Waals surface area contributed by atoms with Crippen LogP contribution in [0.2, 0.25) is 5.02 Å². The van der Waals surface area contributed by atoms with Gasteiger partial charge in [0.1, 0.15) is 5.82 Å². The highest BCUT2D eigenvalue weighted by molar-refractivity contribution is 7.91. The van der Waals surface area contributed by atoms with Crippen LogP contribution in [0, 0.1) is 5.82 Å². The molecule has 1 N–H and O–H groups in total. The van der Waals surface area contributed by atoms with Crippen molar-refractivity contribution < 1.29 is 27.1 Å². The standard InChI is InChI=1S/C13H13ClFNO5S/c14-8-1-2-11(15)10(5-8)13(18)21-6-12(17)16-9-3-4-22(19,20)7-9/h1-2,5,9H,3-4,6-7H2,(H,16,17)/t9-/m0/s1. The van der Waals surface area contributed by atoms with E-state index < -0.39 is 40.2 Å². The molecule has 22 heavy (non-hydrogen) atoms. The van der Waals surface area contributed by atoms with Crippen molar-refractivity contribution in [3.63, 3.8) is 0 Å². The second kappa shape index (κ2) is 6.62. The lowest BCUT2D eigenvalue weighted by molar-refractivity contribution is -0.124. The second-order valence-corrected chi connectivity index (χ2v) is 7.53. The molecule has 1 atom stereocenters. The lowest BCUT2D eigenvalue weighted by Gasteiger charge is -2.11. The van der Waals surface area contributed by atoms with Gasteiger partial charge in [-0.25, -0.2) is 17.6 Å². The number of carbonyl (C=O) groups excluding carboxylic acids is 2. The van der Waals surface area contributed by atoms with Gasteiger partial charge in [-0.05, 0) is 24.6 Å². The number of esters is 1. The number of carbonyl (C=O) groups is 2. The first kappa shape index (κ1) is 16.7. The number of sulfone groups is 1. The molecule has 2 rings (SSSR count). The van der Waals surface area contributed by atoms with Crippen molar-refractivity contribution in [2.24, 2.45) is 0 Å². The van der Waals surface area contributed by atoms with E-state index in [1.807, 2.05) is 0 Å². The molecule has 1 aliphatic heterocycles. The van der Waals surface area contributed by atoms with Crippen LogP contribution < -0.4 is 5.32 Å². The molecule has 1 heterocycles. The van der Waals surface area contributed by atoms with Crippen LogP contribution in [0.3, 0.4) is 0 Å². The van der Waals surface area contributed by atoms with E-state index in [0.29, 0.717) is 6.42 Å². The zero-order valence-corrected chi connectivity index (χ0v) is 12.9. The van der Waals surface area contributed by atoms with Crippen LogP contribution in [0.5, 0.6) is 0 Å². The maximum Gasteiger partial charge on any atom is 0.341 e. The molecule has 0 aliphatic carbocycles. The maximum atomic E-state index is 13.4. The van der Waals surface area contributed by atoms with Crippen molar-refractivity contribution in [1.82, 2.24) is 5.32 Å². The average molecular weight is 350 g/mol. The monoisotopic (exact) mass is 349 g/mol. The van der Waals surface area contributed by atoms with Crippen LogP contribution in [-0.2, 0) is 19.4 Å². The Labute approximate surface area is 131 Å². The summed E-state index contributed by atoms with van der Waals surface area (Å²) in [5.41, 5.74) is -0.372. The molecule has 120 valence electrons. The Morgan fingerprint density at radius 1 is 1.41 bits per heavy atom. The molecule has 0 unspecified atom stereocenters. The summed E-state index contributed by atoms with van der Waals surface area (Å²) in [6.07, 6.45) is 0.324. The molecule has 1 fully saturated rings. The molecular weight excluding hydrogens is 337 g/mol. The van der Waals surface area contributed by atoms with E-state index in [1.54, 1.807) is 0 Å². The molecule has 0 aromatic heterocycles. The summed E-state index contributed by atoms with van der Waals surface area (Å²) < 4.78 is 40.6. The molecule has 0 saturated carbocycles. The van der Waals surface area contributed by atoms with Crippen molar-refractivity contribution in [1.29, 1.82) is 0 Å². The predicted octanol–water partition coefficient (Wildman–Crippen LogP) is 0.939. The summed E-state index contributed by atoms with van der Waals surface area (Å²) in [4.78, 5) is 23.3. The molecular formula is C13H13ClFNO5S. The number of hydrogen-bond donors (Lipinski definition) is 1. The van der Waals surface area contributed by atoms with Gasteiger partial charge in [0.15, 0.2) is 16.4 Å². The first-order chi connectivity index (χ1) is 10.3. The summed E-state index contributed by atoms with van der Waals surface area (Å²) in [6.45, 7) is -0.624. The van der Waals surface area contributed by atoms with Crippen LogP contribution in [0.4, 0.5) is 4.39 Å². The fourth-order valence-electron chi connectivity index (χ4n) is 2.04. The third-order valence-electron chi connectivity index (χ3n) is 3.08. The fourth-order valence-corrected chi connectivity index (χ4v) is 3.89. The molecule has 0 spiro atoms. The fraction of sp³-hybridized carbons (Fsp3) is 0.385. The van der Waals surface area contributed by atoms with Crippen molar-refractivity contribution >= 4 is 33.3 Å². The van der Waals surface area contributed by atoms with Crippen molar-refractivity contribution in [3.8, 4) is 0 Å². The minimum absolute atomic E-state index is 0.0193. The third-order valence-corrected chi connectivity index (χ3v) is 5.08. The smallest absolute Gasteiger partial charge is 0.341 e. The molecule has 1 aromatic rings. The lowest BCUT2D eigenvalue weighted by Crippen LogP contribution is -2.38. The summed E-state index contributed by atoms with van der Waals surface area (Å²) in [7, 11) is -3.11. The van der Waals surface area contributed by atoms with Gasteiger partial charge in [0, 0.05) is 11.1 Å². The second-order valence-electron chi connectivity index (χ2n) is 4.87. The number of hydrogen-bond acceptors (Lipinski definition) is 5. The molecule has 1 saturated heterocycles. The minimum atomic E-state index is -3.11. The van der Waals surface area contributed by atoms with Gasteiger partial charge in [0.2, 0.25) is 0 Å². The third kappa shape index (κ3) is 4.41. The van der Waals surface area contributed by atoms with E-state index in [-0.39, 0.29) is 22.1 Å². The zero-order chi connectivity index (χ0) is 16.3. The van der Waals surface area contributed by atoms with E-state index in [0.717, 1.165) is 12.1 Å². The van der Waals surface area contributed by atoms with Gasteiger partial charge >= 0.3 is 5.97 Å². The Hall–Kier alpha value is -1.67. The Morgan fingerprint density at radius 2 is 2.14 bits per heavy atom. The largest absolute Gasteiger partial charge is 0.452 e. The Morgan fingerprint density at radius 3 is 2.77 bits per heavy atom. The number of nitrogens with one attached hydrogen (secondary N) is 1. The van der Waals surface area contributed by atoms with E-state index in [1.165, 1.54) is 6.07 Å². The van der Waals surface area contributed by atoms with Crippen LogP contribution >= 0.6 is 11.6 Å². The Bertz CT molecular complexity index is 706. The van der Waals surface area contributed by atoms with Gasteiger partial charge in [0.05, 0.1) is 17.1 Å². The van der Waals surface area contributed by atoms with Gasteiger partial charge < -0.3 is 10.1 Å². The summed E-state index contributed by atoms with van der Waals surface area (Å²) >= 11 is 5.65. The molecule has 6 nitrogen and oxygen atoms in total. The Kier molecular flexibility index (Phi) is 5.02. The minimum Gasteiger partial charge on any atom is -0.452 e. The molecule has 0 bridgehead atoms. The summed E-state index contributed by atoms with van der Waals surface area (Å²) in [5, 5.41) is 2.61. The van der Waals surface area contributed by atoms with Crippen LogP contribution in [0.25, 0.3) is 0 Å². The normalized spacial score (nSPS) is 19.6. The van der Waals surface area contributed by atoms with Crippen LogP contribution in [-0.4, -0.2) is 44.4 Å². The number of halogens is 2. The van der Waals surface area contributed by atoms with Gasteiger partial charge in [-0.2, -0.15) is 0 Å². The molecule has 0 radical (unpaired) electrons. The molecule has 9 heteroatoms. The van der Waals surface area contributed by atoms with Gasteiger partial charge in [-0.1, -0.05) is 11.6 Å². The predicted molar refractivity (Wildman–Crippen MR) is 76.9 cm³/mol.